The molecule has 0 saturated carbocycles. The number of hydrogen-bond acceptors (Lipinski definition) is 7. The first-order chi connectivity index (χ1) is 10.2. The summed E-state index contributed by atoms with van der Waals surface area (Å²) in [5.74, 6) is 0.740. The predicted molar refractivity (Wildman–Crippen MR) is 72.8 cm³/mol. The Hall–Kier alpha value is -2.22. The van der Waals surface area contributed by atoms with Crippen molar-refractivity contribution in [1.29, 1.82) is 0 Å². The van der Waals surface area contributed by atoms with E-state index in [-0.39, 0.29) is 24.7 Å². The molecular weight excluding hydrogens is 274 g/mol. The summed E-state index contributed by atoms with van der Waals surface area (Å²) in [6.45, 7) is 3.50. The van der Waals surface area contributed by atoms with Crippen LogP contribution in [-0.2, 0) is 9.53 Å². The highest BCUT2D eigenvalue weighted by Crippen LogP contribution is 2.29. The molecule has 4 rings (SSSR count). The van der Waals surface area contributed by atoms with Crippen LogP contribution in [0.4, 0.5) is 5.82 Å². The maximum Gasteiger partial charge on any atom is 0.263 e. The molecular formula is C13H15N5O3. The molecule has 4 heterocycles. The molecule has 1 amide bonds. The minimum absolute atomic E-state index is 0.00909. The SMILES string of the molecule is Cc1noc2ncnc(N3CC[C@@H]4OCC(=O)N[C@@H]4C3)c12. The third-order valence-electron chi connectivity index (χ3n) is 4.05. The summed E-state index contributed by atoms with van der Waals surface area (Å²) in [4.78, 5) is 22.1. The summed E-state index contributed by atoms with van der Waals surface area (Å²) in [6.07, 6.45) is 2.41. The van der Waals surface area contributed by atoms with Gasteiger partial charge >= 0.3 is 0 Å². The summed E-state index contributed by atoms with van der Waals surface area (Å²) in [7, 11) is 0. The van der Waals surface area contributed by atoms with Crippen LogP contribution in [0.1, 0.15) is 12.1 Å². The summed E-state index contributed by atoms with van der Waals surface area (Å²) in [5.41, 5.74) is 1.26. The van der Waals surface area contributed by atoms with Gasteiger partial charge in [0, 0.05) is 13.1 Å². The lowest BCUT2D eigenvalue weighted by atomic mass is 10.0. The van der Waals surface area contributed by atoms with Crippen molar-refractivity contribution >= 4 is 22.8 Å². The van der Waals surface area contributed by atoms with Gasteiger partial charge in [0.2, 0.25) is 5.91 Å². The van der Waals surface area contributed by atoms with E-state index in [4.69, 9.17) is 9.26 Å². The van der Waals surface area contributed by atoms with Gasteiger partial charge in [-0.2, -0.15) is 4.98 Å². The second-order valence-electron chi connectivity index (χ2n) is 5.40. The topological polar surface area (TPSA) is 93.4 Å². The summed E-state index contributed by atoms with van der Waals surface area (Å²) in [6, 6.07) is -0.00909. The van der Waals surface area contributed by atoms with Crippen molar-refractivity contribution in [3.63, 3.8) is 0 Å². The second-order valence-corrected chi connectivity index (χ2v) is 5.40. The van der Waals surface area contributed by atoms with Gasteiger partial charge in [0.25, 0.3) is 5.71 Å². The molecule has 0 aliphatic carbocycles. The molecule has 0 aromatic carbocycles. The number of rotatable bonds is 1. The molecule has 8 nitrogen and oxygen atoms in total. The summed E-state index contributed by atoms with van der Waals surface area (Å²) >= 11 is 0. The normalized spacial score (nSPS) is 25.8. The zero-order valence-corrected chi connectivity index (χ0v) is 11.6. The Morgan fingerprint density at radius 3 is 3.24 bits per heavy atom. The average molecular weight is 289 g/mol. The number of amides is 1. The number of aromatic nitrogens is 3. The highest BCUT2D eigenvalue weighted by atomic mass is 16.5. The van der Waals surface area contributed by atoms with Crippen LogP contribution in [0.25, 0.3) is 11.1 Å². The first-order valence-electron chi connectivity index (χ1n) is 6.95. The standard InChI is InChI=1S/C13H15N5O3/c1-7-11-12(14-6-15-13(11)21-17-7)18-3-2-9-8(4-18)16-10(19)5-20-9/h6,8-9H,2-5H2,1H3,(H,16,19)/t8-,9+/m1/s1. The second kappa shape index (κ2) is 4.66. The molecule has 2 saturated heterocycles. The molecule has 2 aliphatic heterocycles. The van der Waals surface area contributed by atoms with Gasteiger partial charge in [-0.25, -0.2) is 4.98 Å². The van der Waals surface area contributed by atoms with Crippen molar-refractivity contribution < 1.29 is 14.1 Å². The molecule has 1 N–H and O–H groups in total. The van der Waals surface area contributed by atoms with Crippen molar-refractivity contribution in [3.8, 4) is 0 Å². The van der Waals surface area contributed by atoms with Gasteiger partial charge < -0.3 is 19.5 Å². The predicted octanol–water partition coefficient (Wildman–Crippen LogP) is 0.0199. The number of morpholine rings is 1. The molecule has 0 unspecified atom stereocenters. The van der Waals surface area contributed by atoms with Crippen LogP contribution in [0, 0.1) is 6.92 Å². The van der Waals surface area contributed by atoms with Crippen molar-refractivity contribution in [2.45, 2.75) is 25.5 Å². The van der Waals surface area contributed by atoms with Crippen molar-refractivity contribution in [2.24, 2.45) is 0 Å². The number of carbonyl (C=O) groups is 1. The van der Waals surface area contributed by atoms with Gasteiger partial charge in [0.05, 0.1) is 17.8 Å². The molecule has 0 bridgehead atoms. The third-order valence-corrected chi connectivity index (χ3v) is 4.05. The molecule has 21 heavy (non-hydrogen) atoms. The minimum Gasteiger partial charge on any atom is -0.366 e. The van der Waals surface area contributed by atoms with Crippen LogP contribution in [-0.4, -0.2) is 52.9 Å². The smallest absolute Gasteiger partial charge is 0.263 e. The van der Waals surface area contributed by atoms with Crippen molar-refractivity contribution in [1.82, 2.24) is 20.4 Å². The molecule has 0 spiro atoms. The molecule has 8 heteroatoms. The van der Waals surface area contributed by atoms with Crippen molar-refractivity contribution in [2.75, 3.05) is 24.6 Å². The van der Waals surface area contributed by atoms with E-state index in [0.29, 0.717) is 12.3 Å². The Bertz CT molecular complexity index is 700. The van der Waals surface area contributed by atoms with Crippen LogP contribution in [0.3, 0.4) is 0 Å². The Labute approximate surface area is 120 Å². The number of nitrogens with zero attached hydrogens (tertiary/aromatic N) is 4. The number of hydrogen-bond donors (Lipinski definition) is 1. The Morgan fingerprint density at radius 1 is 1.43 bits per heavy atom. The van der Waals surface area contributed by atoms with Gasteiger partial charge in [0.15, 0.2) is 0 Å². The van der Waals surface area contributed by atoms with E-state index in [2.05, 4.69) is 25.3 Å². The minimum atomic E-state index is -0.0629. The number of nitrogens with one attached hydrogen (secondary N) is 1. The molecule has 2 atom stereocenters. The number of piperidine rings is 1. The van der Waals surface area contributed by atoms with E-state index in [9.17, 15) is 4.79 Å². The van der Waals surface area contributed by atoms with Gasteiger partial charge in [-0.1, -0.05) is 5.16 Å². The molecule has 2 aromatic rings. The number of ether oxygens (including phenoxy) is 1. The van der Waals surface area contributed by atoms with E-state index in [0.717, 1.165) is 29.9 Å². The van der Waals surface area contributed by atoms with Gasteiger partial charge in [-0.3, -0.25) is 4.79 Å². The van der Waals surface area contributed by atoms with Crippen LogP contribution in [0.5, 0.6) is 0 Å². The number of anilines is 1. The summed E-state index contributed by atoms with van der Waals surface area (Å²) < 4.78 is 10.8. The first kappa shape index (κ1) is 12.5. The first-order valence-corrected chi connectivity index (χ1v) is 6.95. The maximum atomic E-state index is 11.5. The highest BCUT2D eigenvalue weighted by molar-refractivity contribution is 5.88. The highest BCUT2D eigenvalue weighted by Gasteiger charge is 2.36. The fourth-order valence-electron chi connectivity index (χ4n) is 3.04. The number of aryl methyl sites for hydroxylation is 1. The Balaban J connectivity index is 1.67. The lowest BCUT2D eigenvalue weighted by molar-refractivity contribution is -0.137. The maximum absolute atomic E-state index is 11.5. The lowest BCUT2D eigenvalue weighted by Crippen LogP contribution is -2.60. The van der Waals surface area contributed by atoms with E-state index in [1.54, 1.807) is 0 Å². The Kier molecular flexibility index (Phi) is 2.78. The van der Waals surface area contributed by atoms with E-state index >= 15 is 0 Å². The molecule has 0 radical (unpaired) electrons. The molecule has 2 aromatic heterocycles. The monoisotopic (exact) mass is 289 g/mol. The van der Waals surface area contributed by atoms with Crippen LogP contribution < -0.4 is 10.2 Å². The van der Waals surface area contributed by atoms with E-state index in [1.807, 2.05) is 6.92 Å². The summed E-state index contributed by atoms with van der Waals surface area (Å²) in [5, 5.41) is 7.77. The van der Waals surface area contributed by atoms with Crippen LogP contribution >= 0.6 is 0 Å². The average Bonchev–Trinajstić information content (AvgIpc) is 2.88. The van der Waals surface area contributed by atoms with Crippen LogP contribution in [0.2, 0.25) is 0 Å². The van der Waals surface area contributed by atoms with Crippen molar-refractivity contribution in [3.05, 3.63) is 12.0 Å². The van der Waals surface area contributed by atoms with E-state index < -0.39 is 0 Å². The fraction of sp³-hybridized carbons (Fsp3) is 0.538. The zero-order chi connectivity index (χ0) is 14.4. The Morgan fingerprint density at radius 2 is 2.33 bits per heavy atom. The number of carbonyl (C=O) groups excluding carboxylic acids is 1. The zero-order valence-electron chi connectivity index (χ0n) is 11.6. The quantitative estimate of drug-likeness (QED) is 0.791. The lowest BCUT2D eigenvalue weighted by Gasteiger charge is -2.41. The molecule has 2 fully saturated rings. The third kappa shape index (κ3) is 2.02. The number of fused-ring (bicyclic) bond motifs is 2. The largest absolute Gasteiger partial charge is 0.366 e. The molecule has 110 valence electrons. The van der Waals surface area contributed by atoms with E-state index in [1.165, 1.54) is 6.33 Å². The molecule has 2 aliphatic rings. The van der Waals surface area contributed by atoms with Gasteiger partial charge in [-0.15, -0.1) is 0 Å². The van der Waals surface area contributed by atoms with Crippen LogP contribution in [0.15, 0.2) is 10.9 Å². The van der Waals surface area contributed by atoms with Gasteiger partial charge in [0.1, 0.15) is 24.1 Å². The fourth-order valence-corrected chi connectivity index (χ4v) is 3.04. The van der Waals surface area contributed by atoms with Gasteiger partial charge in [-0.05, 0) is 13.3 Å².